The second-order valence-electron chi connectivity index (χ2n) is 5.76. The molecule has 0 atom stereocenters. The van der Waals surface area contributed by atoms with Crippen molar-refractivity contribution in [2.75, 3.05) is 18.4 Å². The van der Waals surface area contributed by atoms with E-state index in [0.717, 1.165) is 10.2 Å². The van der Waals surface area contributed by atoms with E-state index in [9.17, 15) is 13.6 Å². The molecule has 124 valence electrons. The number of alkyl halides is 2. The largest absolute Gasteiger partial charge is 0.334 e. The lowest BCUT2D eigenvalue weighted by Gasteiger charge is -2.38. The van der Waals surface area contributed by atoms with Crippen molar-refractivity contribution >= 4 is 27.4 Å². The Hall–Kier alpha value is -1.74. The Balaban J connectivity index is 1.75. The second-order valence-corrected chi connectivity index (χ2v) is 6.67. The van der Waals surface area contributed by atoms with Gasteiger partial charge in [-0.15, -0.1) is 0 Å². The number of rotatable bonds is 4. The molecule has 1 N–H and O–H groups in total. The first-order chi connectivity index (χ1) is 10.7. The number of likely N-dealkylation sites (tertiary alicyclic amines) is 1. The number of nitrogens with zero attached hydrogens (tertiary/aromatic N) is 4. The highest BCUT2D eigenvalue weighted by atomic mass is 79.9. The van der Waals surface area contributed by atoms with E-state index >= 15 is 0 Å². The standard InChI is InChI=1S/C14H16BrF2N5O/c1-20-5-9(15)3-11(13(20)23)18-12-4-10(21(2)19-12)6-22-7-14(16,17)8-22/h3-5H,6-8H2,1-2H3,(H,18,19). The molecule has 0 radical (unpaired) electrons. The molecule has 1 aliphatic rings. The summed E-state index contributed by atoms with van der Waals surface area (Å²) in [5, 5.41) is 7.26. The quantitative estimate of drug-likeness (QED) is 0.872. The van der Waals surface area contributed by atoms with Crippen LogP contribution in [0.25, 0.3) is 0 Å². The molecule has 6 nitrogen and oxygen atoms in total. The van der Waals surface area contributed by atoms with Crippen LogP contribution in [0.5, 0.6) is 0 Å². The molecule has 1 aliphatic heterocycles. The van der Waals surface area contributed by atoms with Crippen LogP contribution < -0.4 is 10.9 Å². The lowest BCUT2D eigenvalue weighted by molar-refractivity contribution is -0.134. The predicted molar refractivity (Wildman–Crippen MR) is 86.1 cm³/mol. The Morgan fingerprint density at radius 2 is 2.04 bits per heavy atom. The molecule has 0 bridgehead atoms. The molecule has 1 fully saturated rings. The molecule has 0 spiro atoms. The van der Waals surface area contributed by atoms with E-state index in [1.54, 1.807) is 42.0 Å². The van der Waals surface area contributed by atoms with Crippen molar-refractivity contribution < 1.29 is 8.78 Å². The number of hydrogen-bond donors (Lipinski definition) is 1. The van der Waals surface area contributed by atoms with Gasteiger partial charge in [-0.05, 0) is 22.0 Å². The molecule has 1 saturated heterocycles. The van der Waals surface area contributed by atoms with Crippen LogP contribution in [-0.2, 0) is 20.6 Å². The summed E-state index contributed by atoms with van der Waals surface area (Å²) in [7, 11) is 3.41. The highest BCUT2D eigenvalue weighted by Gasteiger charge is 2.43. The van der Waals surface area contributed by atoms with Crippen LogP contribution in [0.4, 0.5) is 20.3 Å². The van der Waals surface area contributed by atoms with Crippen LogP contribution in [0.3, 0.4) is 0 Å². The van der Waals surface area contributed by atoms with Gasteiger partial charge in [0.25, 0.3) is 11.5 Å². The van der Waals surface area contributed by atoms with Crippen LogP contribution in [0.15, 0.2) is 27.6 Å². The minimum absolute atomic E-state index is 0.178. The van der Waals surface area contributed by atoms with Crippen molar-refractivity contribution in [2.45, 2.75) is 12.5 Å². The number of pyridine rings is 1. The van der Waals surface area contributed by atoms with Crippen LogP contribution in [-0.4, -0.2) is 38.3 Å². The van der Waals surface area contributed by atoms with Gasteiger partial charge in [-0.3, -0.25) is 14.4 Å². The molecule has 23 heavy (non-hydrogen) atoms. The third-order valence-electron chi connectivity index (χ3n) is 3.68. The first-order valence-corrected chi connectivity index (χ1v) is 7.79. The van der Waals surface area contributed by atoms with E-state index in [1.165, 1.54) is 4.57 Å². The number of aromatic nitrogens is 3. The maximum Gasteiger partial charge on any atom is 0.274 e. The zero-order valence-corrected chi connectivity index (χ0v) is 14.3. The molecule has 0 amide bonds. The Labute approximate surface area is 139 Å². The second kappa shape index (κ2) is 5.72. The minimum atomic E-state index is -2.58. The molecule has 0 saturated carbocycles. The van der Waals surface area contributed by atoms with E-state index in [1.807, 2.05) is 0 Å². The maximum atomic E-state index is 12.9. The Morgan fingerprint density at radius 3 is 2.70 bits per heavy atom. The summed E-state index contributed by atoms with van der Waals surface area (Å²) < 4.78 is 29.6. The summed E-state index contributed by atoms with van der Waals surface area (Å²) in [5.74, 6) is -2.08. The summed E-state index contributed by atoms with van der Waals surface area (Å²) in [4.78, 5) is 13.7. The van der Waals surface area contributed by atoms with Gasteiger partial charge >= 0.3 is 0 Å². The van der Waals surface area contributed by atoms with Crippen molar-refractivity contribution in [1.29, 1.82) is 0 Å². The number of anilines is 2. The summed E-state index contributed by atoms with van der Waals surface area (Å²) in [6.07, 6.45) is 1.67. The lowest BCUT2D eigenvalue weighted by atomic mass is 10.1. The fraction of sp³-hybridized carbons (Fsp3) is 0.429. The van der Waals surface area contributed by atoms with Gasteiger partial charge in [0, 0.05) is 37.4 Å². The smallest absolute Gasteiger partial charge is 0.274 e. The maximum absolute atomic E-state index is 12.9. The topological polar surface area (TPSA) is 55.1 Å². The van der Waals surface area contributed by atoms with Crippen LogP contribution in [0.1, 0.15) is 5.69 Å². The third-order valence-corrected chi connectivity index (χ3v) is 4.12. The summed E-state index contributed by atoms with van der Waals surface area (Å²) in [6.45, 7) is -0.0580. The van der Waals surface area contributed by atoms with Crippen LogP contribution in [0.2, 0.25) is 0 Å². The number of hydrogen-bond acceptors (Lipinski definition) is 4. The van der Waals surface area contributed by atoms with Gasteiger partial charge in [-0.25, -0.2) is 8.78 Å². The molecule has 2 aromatic rings. The van der Waals surface area contributed by atoms with Crippen molar-refractivity contribution in [3.63, 3.8) is 0 Å². The van der Waals surface area contributed by atoms with Gasteiger partial charge in [-0.2, -0.15) is 5.10 Å². The zero-order chi connectivity index (χ0) is 16.8. The van der Waals surface area contributed by atoms with Crippen LogP contribution >= 0.6 is 15.9 Å². The molecular formula is C14H16BrF2N5O. The van der Waals surface area contributed by atoms with Gasteiger partial charge in [0.05, 0.1) is 18.8 Å². The lowest BCUT2D eigenvalue weighted by Crippen LogP contribution is -2.55. The Kier molecular flexibility index (Phi) is 4.01. The Bertz CT molecular complexity index is 793. The molecule has 3 rings (SSSR count). The number of nitrogens with one attached hydrogen (secondary N) is 1. The predicted octanol–water partition coefficient (Wildman–Crippen LogP) is 2.08. The summed E-state index contributed by atoms with van der Waals surface area (Å²) >= 11 is 3.34. The van der Waals surface area contributed by atoms with E-state index in [-0.39, 0.29) is 18.6 Å². The third kappa shape index (κ3) is 3.45. The average Bonchev–Trinajstić information content (AvgIpc) is 2.73. The molecule has 3 heterocycles. The van der Waals surface area contributed by atoms with Gasteiger partial charge in [0.15, 0.2) is 5.82 Å². The highest BCUT2D eigenvalue weighted by molar-refractivity contribution is 9.10. The van der Waals surface area contributed by atoms with Gasteiger partial charge in [-0.1, -0.05) is 0 Å². The van der Waals surface area contributed by atoms with E-state index in [2.05, 4.69) is 26.3 Å². The van der Waals surface area contributed by atoms with Crippen LogP contribution in [0, 0.1) is 0 Å². The van der Waals surface area contributed by atoms with Gasteiger partial charge in [0.1, 0.15) is 5.69 Å². The molecule has 0 unspecified atom stereocenters. The van der Waals surface area contributed by atoms with E-state index in [4.69, 9.17) is 0 Å². The fourth-order valence-electron chi connectivity index (χ4n) is 2.56. The summed E-state index contributed by atoms with van der Waals surface area (Å²) in [6, 6.07) is 3.43. The zero-order valence-electron chi connectivity index (χ0n) is 12.7. The van der Waals surface area contributed by atoms with Crippen molar-refractivity contribution in [2.24, 2.45) is 14.1 Å². The molecule has 9 heteroatoms. The van der Waals surface area contributed by atoms with Crippen molar-refractivity contribution in [3.05, 3.63) is 38.9 Å². The van der Waals surface area contributed by atoms with Crippen molar-refractivity contribution in [1.82, 2.24) is 19.2 Å². The first-order valence-electron chi connectivity index (χ1n) is 7.00. The van der Waals surface area contributed by atoms with Gasteiger partial charge < -0.3 is 9.88 Å². The Morgan fingerprint density at radius 1 is 1.35 bits per heavy atom. The molecular weight excluding hydrogens is 372 g/mol. The SMILES string of the molecule is Cn1nc(Nc2cc(Br)cn(C)c2=O)cc1CN1CC(F)(F)C1. The first kappa shape index (κ1) is 16.1. The summed E-state index contributed by atoms with van der Waals surface area (Å²) in [5.41, 5.74) is 1.01. The van der Waals surface area contributed by atoms with Gasteiger partial charge in [0.2, 0.25) is 0 Å². The minimum Gasteiger partial charge on any atom is -0.334 e. The number of halogens is 3. The van der Waals surface area contributed by atoms with E-state index < -0.39 is 5.92 Å². The monoisotopic (exact) mass is 387 g/mol. The molecule has 2 aromatic heterocycles. The molecule has 0 aliphatic carbocycles. The highest BCUT2D eigenvalue weighted by Crippen LogP contribution is 2.28. The van der Waals surface area contributed by atoms with Crippen molar-refractivity contribution in [3.8, 4) is 0 Å². The van der Waals surface area contributed by atoms with E-state index in [0.29, 0.717) is 18.1 Å². The molecule has 0 aromatic carbocycles. The number of aryl methyl sites for hydroxylation is 2. The average molecular weight is 388 g/mol. The normalized spacial score (nSPS) is 17.1. The fourth-order valence-corrected chi connectivity index (χ4v) is 3.10.